The van der Waals surface area contributed by atoms with Crippen LogP contribution in [0.4, 0.5) is 0 Å². The molecule has 2 aliphatic rings. The first-order valence-electron chi connectivity index (χ1n) is 8.37. The zero-order chi connectivity index (χ0) is 17.6. The summed E-state index contributed by atoms with van der Waals surface area (Å²) in [6.07, 6.45) is 2.50. The lowest BCUT2D eigenvalue weighted by Gasteiger charge is -2.22. The van der Waals surface area contributed by atoms with Gasteiger partial charge in [0.25, 0.3) is 0 Å². The second-order valence-electron chi connectivity index (χ2n) is 6.53. The molecule has 8 nitrogen and oxygen atoms in total. The number of amides is 1. The van der Waals surface area contributed by atoms with Gasteiger partial charge in [0.15, 0.2) is 5.58 Å². The van der Waals surface area contributed by atoms with Crippen LogP contribution < -0.4 is 5.76 Å². The second kappa shape index (κ2) is 5.99. The van der Waals surface area contributed by atoms with E-state index in [1.807, 2.05) is 0 Å². The largest absolute Gasteiger partial charge is 0.417 e. The van der Waals surface area contributed by atoms with Crippen LogP contribution in [0.15, 0.2) is 32.3 Å². The third-order valence-electron chi connectivity index (χ3n) is 4.72. The molecule has 2 heterocycles. The smallest absolute Gasteiger partial charge is 0.408 e. The summed E-state index contributed by atoms with van der Waals surface area (Å²) in [5.41, 5.74) is 0.674. The predicted octanol–water partition coefficient (Wildman–Crippen LogP) is 0.754. The third-order valence-corrected chi connectivity index (χ3v) is 6.62. The van der Waals surface area contributed by atoms with Gasteiger partial charge in [-0.1, -0.05) is 0 Å². The quantitative estimate of drug-likeness (QED) is 0.865. The highest BCUT2D eigenvalue weighted by molar-refractivity contribution is 7.89. The van der Waals surface area contributed by atoms with E-state index in [2.05, 4.69) is 4.98 Å². The molecule has 1 saturated heterocycles. The molecular formula is C16H19N3O5S. The molecule has 9 heteroatoms. The average Bonchev–Trinajstić information content (AvgIpc) is 3.37. The molecule has 1 amide bonds. The summed E-state index contributed by atoms with van der Waals surface area (Å²) in [5.74, 6) is -0.325. The summed E-state index contributed by atoms with van der Waals surface area (Å²) in [6.45, 7) is 1.66. The molecule has 0 spiro atoms. The summed E-state index contributed by atoms with van der Waals surface area (Å²) in [6, 6.07) is 4.32. The van der Waals surface area contributed by atoms with Crippen LogP contribution in [0.5, 0.6) is 0 Å². The minimum Gasteiger partial charge on any atom is -0.408 e. The highest BCUT2D eigenvalue weighted by atomic mass is 32.2. The molecule has 1 aromatic heterocycles. The van der Waals surface area contributed by atoms with Crippen molar-refractivity contribution in [1.29, 1.82) is 0 Å². The van der Waals surface area contributed by atoms with Crippen LogP contribution in [0, 0.1) is 5.92 Å². The molecule has 25 heavy (non-hydrogen) atoms. The van der Waals surface area contributed by atoms with Gasteiger partial charge in [0.1, 0.15) is 0 Å². The van der Waals surface area contributed by atoms with Gasteiger partial charge in [-0.3, -0.25) is 9.78 Å². The Labute approximate surface area is 144 Å². The zero-order valence-electron chi connectivity index (χ0n) is 13.6. The number of fused-ring (bicyclic) bond motifs is 1. The number of nitrogens with zero attached hydrogens (tertiary/aromatic N) is 2. The Morgan fingerprint density at radius 3 is 2.72 bits per heavy atom. The van der Waals surface area contributed by atoms with Crippen LogP contribution in [0.25, 0.3) is 11.1 Å². The van der Waals surface area contributed by atoms with Crippen molar-refractivity contribution in [3.63, 3.8) is 0 Å². The molecule has 0 bridgehead atoms. The molecule has 134 valence electrons. The first-order valence-corrected chi connectivity index (χ1v) is 9.81. The molecule has 1 aromatic carbocycles. The maximum absolute atomic E-state index is 12.9. The van der Waals surface area contributed by atoms with Crippen LogP contribution in [-0.2, 0) is 14.8 Å². The van der Waals surface area contributed by atoms with Crippen molar-refractivity contribution in [1.82, 2.24) is 14.2 Å². The van der Waals surface area contributed by atoms with Crippen molar-refractivity contribution in [3.05, 3.63) is 28.7 Å². The SMILES string of the molecule is O=C(C1CC1)N1CCCN(S(=O)(=O)c2ccc3oc(=O)[nH]c3c2)CC1. The molecule has 1 saturated carbocycles. The van der Waals surface area contributed by atoms with Gasteiger partial charge in [0.2, 0.25) is 15.9 Å². The summed E-state index contributed by atoms with van der Waals surface area (Å²) in [4.78, 5) is 27.8. The van der Waals surface area contributed by atoms with E-state index in [0.717, 1.165) is 12.8 Å². The Morgan fingerprint density at radius 1 is 1.16 bits per heavy atom. The van der Waals surface area contributed by atoms with Gasteiger partial charge in [-0.2, -0.15) is 4.31 Å². The van der Waals surface area contributed by atoms with E-state index in [1.54, 1.807) is 4.90 Å². The van der Waals surface area contributed by atoms with Crippen LogP contribution in [0.2, 0.25) is 0 Å². The van der Waals surface area contributed by atoms with Crippen LogP contribution in [0.1, 0.15) is 19.3 Å². The number of hydrogen-bond acceptors (Lipinski definition) is 5. The Bertz CT molecular complexity index is 973. The van der Waals surface area contributed by atoms with Gasteiger partial charge < -0.3 is 9.32 Å². The van der Waals surface area contributed by atoms with Gasteiger partial charge in [-0.05, 0) is 37.5 Å². The summed E-state index contributed by atoms with van der Waals surface area (Å²) >= 11 is 0. The number of aromatic amines is 1. The van der Waals surface area contributed by atoms with E-state index in [9.17, 15) is 18.0 Å². The van der Waals surface area contributed by atoms with Crippen molar-refractivity contribution in [2.45, 2.75) is 24.2 Å². The fraction of sp³-hybridized carbons (Fsp3) is 0.500. The van der Waals surface area contributed by atoms with Crippen molar-refractivity contribution < 1.29 is 17.6 Å². The van der Waals surface area contributed by atoms with Crippen LogP contribution >= 0.6 is 0 Å². The monoisotopic (exact) mass is 365 g/mol. The van der Waals surface area contributed by atoms with Crippen molar-refractivity contribution >= 4 is 27.0 Å². The fourth-order valence-corrected chi connectivity index (χ4v) is 4.68. The number of aromatic nitrogens is 1. The number of hydrogen-bond donors (Lipinski definition) is 1. The van der Waals surface area contributed by atoms with E-state index >= 15 is 0 Å². The summed E-state index contributed by atoms with van der Waals surface area (Å²) in [7, 11) is -3.69. The number of sulfonamides is 1. The van der Waals surface area contributed by atoms with Crippen LogP contribution in [0.3, 0.4) is 0 Å². The first kappa shape index (κ1) is 16.3. The van der Waals surface area contributed by atoms with E-state index in [0.29, 0.717) is 37.2 Å². The minimum absolute atomic E-state index is 0.110. The van der Waals surface area contributed by atoms with E-state index in [-0.39, 0.29) is 23.3 Å². The zero-order valence-corrected chi connectivity index (χ0v) is 14.4. The van der Waals surface area contributed by atoms with E-state index < -0.39 is 15.8 Å². The highest BCUT2D eigenvalue weighted by Gasteiger charge is 2.35. The predicted molar refractivity (Wildman–Crippen MR) is 89.5 cm³/mol. The third kappa shape index (κ3) is 3.09. The van der Waals surface area contributed by atoms with Crippen LogP contribution in [-0.4, -0.2) is 54.7 Å². The van der Waals surface area contributed by atoms with E-state index in [4.69, 9.17) is 4.42 Å². The van der Waals surface area contributed by atoms with Crippen molar-refractivity contribution in [2.75, 3.05) is 26.2 Å². The second-order valence-corrected chi connectivity index (χ2v) is 8.47. The molecular weight excluding hydrogens is 346 g/mol. The minimum atomic E-state index is -3.69. The molecule has 0 atom stereocenters. The number of benzene rings is 1. The van der Waals surface area contributed by atoms with Crippen molar-refractivity contribution in [3.8, 4) is 0 Å². The van der Waals surface area contributed by atoms with Gasteiger partial charge in [0, 0.05) is 32.1 Å². The highest BCUT2D eigenvalue weighted by Crippen LogP contribution is 2.31. The number of carbonyl (C=O) groups excluding carboxylic acids is 1. The number of oxazole rings is 1. The number of carbonyl (C=O) groups is 1. The molecule has 2 fully saturated rings. The standard InChI is InChI=1S/C16H19N3O5S/c20-15(11-2-3-11)18-6-1-7-19(9-8-18)25(22,23)12-4-5-14-13(10-12)17-16(21)24-14/h4-5,10-11H,1-3,6-9H2,(H,17,21). The lowest BCUT2D eigenvalue weighted by molar-refractivity contribution is -0.132. The topological polar surface area (TPSA) is 104 Å². The molecule has 1 aliphatic heterocycles. The average molecular weight is 365 g/mol. The lowest BCUT2D eigenvalue weighted by atomic mass is 10.3. The maximum Gasteiger partial charge on any atom is 0.417 e. The number of H-pyrrole nitrogens is 1. The molecule has 1 aliphatic carbocycles. The Morgan fingerprint density at radius 2 is 1.96 bits per heavy atom. The van der Waals surface area contributed by atoms with E-state index in [1.165, 1.54) is 22.5 Å². The van der Waals surface area contributed by atoms with Gasteiger partial charge in [-0.25, -0.2) is 13.2 Å². The first-order chi connectivity index (χ1) is 11.9. The molecule has 2 aromatic rings. The molecule has 0 unspecified atom stereocenters. The van der Waals surface area contributed by atoms with Gasteiger partial charge in [-0.15, -0.1) is 0 Å². The van der Waals surface area contributed by atoms with Gasteiger partial charge >= 0.3 is 5.76 Å². The molecule has 0 radical (unpaired) electrons. The Balaban J connectivity index is 1.56. The Kier molecular flexibility index (Phi) is 3.92. The van der Waals surface area contributed by atoms with Gasteiger partial charge in [0.05, 0.1) is 10.4 Å². The molecule has 1 N–H and O–H groups in total. The Hall–Kier alpha value is -2.13. The summed E-state index contributed by atoms with van der Waals surface area (Å²) < 4.78 is 32.1. The summed E-state index contributed by atoms with van der Waals surface area (Å²) in [5, 5.41) is 0. The normalized spacial score (nSPS) is 19.9. The molecule has 4 rings (SSSR count). The lowest BCUT2D eigenvalue weighted by Crippen LogP contribution is -2.37. The number of nitrogens with one attached hydrogen (secondary N) is 1. The fourth-order valence-electron chi connectivity index (χ4n) is 3.18. The van der Waals surface area contributed by atoms with Crippen molar-refractivity contribution in [2.24, 2.45) is 5.92 Å². The number of rotatable bonds is 3. The maximum atomic E-state index is 12.9.